The number of nitrogens with zero attached hydrogens (tertiary/aromatic N) is 5. The minimum atomic E-state index is -0.241. The number of fused-ring (bicyclic) bond motifs is 1. The van der Waals surface area contributed by atoms with Crippen LogP contribution in [-0.2, 0) is 4.79 Å². The number of nitrogens with one attached hydrogen (secondary N) is 1. The molecule has 3 atom stereocenters. The number of rotatable bonds is 2. The highest BCUT2D eigenvalue weighted by Crippen LogP contribution is 2.70. The lowest BCUT2D eigenvalue weighted by atomic mass is 9.73. The molecule has 0 radical (unpaired) electrons. The molecule has 4 aliphatic carbocycles. The fourth-order valence-corrected chi connectivity index (χ4v) is 7.06. The van der Waals surface area contributed by atoms with Crippen LogP contribution in [0.15, 0.2) is 24.4 Å². The van der Waals surface area contributed by atoms with Crippen molar-refractivity contribution in [3.05, 3.63) is 30.0 Å². The summed E-state index contributed by atoms with van der Waals surface area (Å²) >= 11 is 0. The number of carbonyl (C=O) groups is 2. The van der Waals surface area contributed by atoms with Gasteiger partial charge in [0, 0.05) is 31.7 Å². The van der Waals surface area contributed by atoms with Crippen LogP contribution in [-0.4, -0.2) is 67.2 Å². The van der Waals surface area contributed by atoms with E-state index in [1.165, 1.54) is 12.8 Å². The minimum Gasteiger partial charge on any atom is -0.338 e. The number of hydrogen-bond donors (Lipinski definition) is 1. The van der Waals surface area contributed by atoms with Gasteiger partial charge in [-0.3, -0.25) is 9.59 Å². The molecule has 0 unspecified atom stereocenters. The predicted molar refractivity (Wildman–Crippen MR) is 112 cm³/mol. The first-order valence-corrected chi connectivity index (χ1v) is 11.6. The molecule has 3 heterocycles. The molecule has 160 valence electrons. The first-order valence-electron chi connectivity index (χ1n) is 11.6. The van der Waals surface area contributed by atoms with E-state index >= 15 is 0 Å². The molecule has 1 N–H and O–H groups in total. The van der Waals surface area contributed by atoms with Crippen molar-refractivity contribution in [3.8, 4) is 0 Å². The van der Waals surface area contributed by atoms with Gasteiger partial charge < -0.3 is 9.80 Å². The van der Waals surface area contributed by atoms with E-state index in [2.05, 4.69) is 37.4 Å². The van der Waals surface area contributed by atoms with Gasteiger partial charge in [0.2, 0.25) is 11.6 Å². The van der Waals surface area contributed by atoms with Crippen LogP contribution in [0.5, 0.6) is 0 Å². The van der Waals surface area contributed by atoms with E-state index in [4.69, 9.17) is 0 Å². The zero-order valence-electron chi connectivity index (χ0n) is 17.5. The number of H-pyrrole nitrogens is 1. The molecule has 3 saturated carbocycles. The van der Waals surface area contributed by atoms with Crippen molar-refractivity contribution in [1.29, 1.82) is 0 Å². The van der Waals surface area contributed by atoms with Gasteiger partial charge >= 0.3 is 0 Å². The molecule has 2 spiro atoms. The number of aromatic amines is 1. The molecular weight excluding hydrogens is 392 g/mol. The topological polar surface area (TPSA) is 95.1 Å². The molecule has 0 aromatic carbocycles. The van der Waals surface area contributed by atoms with Gasteiger partial charge in [-0.2, -0.15) is 10.3 Å². The summed E-state index contributed by atoms with van der Waals surface area (Å²) in [5, 5.41) is 10.7. The van der Waals surface area contributed by atoms with Gasteiger partial charge in [0.25, 0.3) is 5.91 Å². The summed E-state index contributed by atoms with van der Waals surface area (Å²) < 4.78 is 0. The molecule has 4 fully saturated rings. The Balaban J connectivity index is 1.14. The summed E-state index contributed by atoms with van der Waals surface area (Å²) in [6, 6.07) is 1.73. The van der Waals surface area contributed by atoms with Crippen LogP contribution in [0, 0.1) is 23.2 Å². The van der Waals surface area contributed by atoms with Gasteiger partial charge in [0.15, 0.2) is 0 Å². The maximum atomic E-state index is 13.6. The van der Waals surface area contributed by atoms with Crippen LogP contribution in [0.3, 0.4) is 0 Å². The second-order valence-electron chi connectivity index (χ2n) is 10.2. The average Bonchev–Trinajstić information content (AvgIpc) is 3.17. The molecule has 8 nitrogen and oxygen atoms in total. The second kappa shape index (κ2) is 5.93. The van der Waals surface area contributed by atoms with Crippen LogP contribution in [0.4, 0.5) is 0 Å². The van der Waals surface area contributed by atoms with Crippen molar-refractivity contribution < 1.29 is 9.59 Å². The van der Waals surface area contributed by atoms with Crippen LogP contribution in [0.1, 0.15) is 48.9 Å². The smallest absolute Gasteiger partial charge is 0.256 e. The van der Waals surface area contributed by atoms with Gasteiger partial charge in [-0.05, 0) is 61.8 Å². The number of carbonyl (C=O) groups excluding carboxylic acids is 2. The monoisotopic (exact) mass is 418 g/mol. The van der Waals surface area contributed by atoms with E-state index in [0.717, 1.165) is 25.7 Å². The Labute approximate surface area is 180 Å². The van der Waals surface area contributed by atoms with Crippen molar-refractivity contribution in [2.24, 2.45) is 23.2 Å². The molecule has 2 aromatic rings. The number of allylic oxidation sites excluding steroid dienone is 2. The van der Waals surface area contributed by atoms with Crippen molar-refractivity contribution in [2.45, 2.75) is 44.1 Å². The number of hydrogen-bond acceptors (Lipinski definition) is 5. The van der Waals surface area contributed by atoms with Gasteiger partial charge in [-0.15, -0.1) is 5.10 Å². The number of amides is 2. The summed E-state index contributed by atoms with van der Waals surface area (Å²) in [6.07, 6.45) is 12.9. The maximum absolute atomic E-state index is 13.6. The van der Waals surface area contributed by atoms with Crippen molar-refractivity contribution in [2.75, 3.05) is 19.6 Å². The van der Waals surface area contributed by atoms with E-state index in [1.807, 2.05) is 4.90 Å². The minimum absolute atomic E-state index is 0.0205. The first-order chi connectivity index (χ1) is 15.1. The maximum Gasteiger partial charge on any atom is 0.256 e. The fraction of sp³-hybridized carbons (Fsp3) is 0.609. The van der Waals surface area contributed by atoms with Crippen LogP contribution >= 0.6 is 0 Å². The summed E-state index contributed by atoms with van der Waals surface area (Å²) in [4.78, 5) is 35.4. The number of aromatic nitrogens is 4. The van der Waals surface area contributed by atoms with E-state index < -0.39 is 0 Å². The Hall–Kier alpha value is -2.77. The Morgan fingerprint density at radius 3 is 2.71 bits per heavy atom. The lowest BCUT2D eigenvalue weighted by Gasteiger charge is -2.56. The Morgan fingerprint density at radius 2 is 1.97 bits per heavy atom. The van der Waals surface area contributed by atoms with E-state index in [0.29, 0.717) is 59.5 Å². The molecule has 31 heavy (non-hydrogen) atoms. The van der Waals surface area contributed by atoms with E-state index in [-0.39, 0.29) is 17.4 Å². The Kier molecular flexibility index (Phi) is 3.41. The normalized spacial score (nSPS) is 31.5. The summed E-state index contributed by atoms with van der Waals surface area (Å²) in [5.74, 6) is 1.51. The molecule has 1 saturated heterocycles. The Morgan fingerprint density at radius 1 is 1.10 bits per heavy atom. The zero-order valence-corrected chi connectivity index (χ0v) is 17.5. The number of pyridine rings is 1. The highest BCUT2D eigenvalue weighted by Gasteiger charge is 2.64. The molecule has 7 rings (SSSR count). The van der Waals surface area contributed by atoms with Gasteiger partial charge in [-0.1, -0.05) is 12.2 Å². The molecule has 8 heteroatoms. The lowest BCUT2D eigenvalue weighted by molar-refractivity contribution is -0.143. The molecule has 2 amide bonds. The average molecular weight is 419 g/mol. The third-order valence-electron chi connectivity index (χ3n) is 8.98. The van der Waals surface area contributed by atoms with Crippen molar-refractivity contribution in [1.82, 2.24) is 30.2 Å². The molecule has 2 aromatic heterocycles. The molecular formula is C23H26N6O2. The second-order valence-corrected chi connectivity index (χ2v) is 10.2. The third kappa shape index (κ3) is 2.28. The standard InChI is InChI=1S/C23H26N6O2/c30-20(16-12-14-2-3-17(16)23(14)7-8-23)28-10-11-29(22(13-28)5-1-6-22)21(31)15-4-9-24-19-18(15)25-27-26-19/h2-4,9,14,16-17H,1,5-8,10-13H2,(H,24,25,26,27)/t14-,16-,17+/m1/s1. The Bertz CT molecular complexity index is 1130. The largest absolute Gasteiger partial charge is 0.338 e. The molecule has 1 aliphatic heterocycles. The van der Waals surface area contributed by atoms with E-state index in [9.17, 15) is 9.59 Å². The highest BCUT2D eigenvalue weighted by atomic mass is 16.2. The predicted octanol–water partition coefficient (Wildman–Crippen LogP) is 2.16. The zero-order chi connectivity index (χ0) is 20.8. The fourth-order valence-electron chi connectivity index (χ4n) is 7.06. The molecule has 5 aliphatic rings. The summed E-state index contributed by atoms with van der Waals surface area (Å²) in [5.41, 5.74) is 1.70. The van der Waals surface area contributed by atoms with Crippen molar-refractivity contribution in [3.63, 3.8) is 0 Å². The summed E-state index contributed by atoms with van der Waals surface area (Å²) in [6.45, 7) is 1.85. The quantitative estimate of drug-likeness (QED) is 0.754. The summed E-state index contributed by atoms with van der Waals surface area (Å²) in [7, 11) is 0. The SMILES string of the molecule is O=C([C@@H]1C[C@H]2C=C[C@@H]1C21CC1)N1CCN(C(=O)c2ccnc3n[nH]nc23)C2(CCC2)C1. The van der Waals surface area contributed by atoms with Gasteiger partial charge in [0.05, 0.1) is 11.1 Å². The van der Waals surface area contributed by atoms with Crippen LogP contribution in [0.25, 0.3) is 11.2 Å². The van der Waals surface area contributed by atoms with Gasteiger partial charge in [0.1, 0.15) is 5.52 Å². The lowest BCUT2D eigenvalue weighted by Crippen LogP contribution is -2.68. The highest BCUT2D eigenvalue weighted by molar-refractivity contribution is 6.04. The van der Waals surface area contributed by atoms with Crippen LogP contribution < -0.4 is 0 Å². The van der Waals surface area contributed by atoms with E-state index in [1.54, 1.807) is 12.3 Å². The third-order valence-corrected chi connectivity index (χ3v) is 8.98. The number of piperazine rings is 1. The van der Waals surface area contributed by atoms with Crippen molar-refractivity contribution >= 4 is 23.0 Å². The van der Waals surface area contributed by atoms with Crippen LogP contribution in [0.2, 0.25) is 0 Å². The molecule has 2 bridgehead atoms. The van der Waals surface area contributed by atoms with Gasteiger partial charge in [-0.25, -0.2) is 4.98 Å². The first kappa shape index (κ1) is 17.9.